The van der Waals surface area contributed by atoms with Gasteiger partial charge in [-0.25, -0.2) is 0 Å². The van der Waals surface area contributed by atoms with Gasteiger partial charge in [0.05, 0.1) is 56.0 Å². The number of hydrogen-bond acceptors (Lipinski definition) is 3. The second-order valence-corrected chi connectivity index (χ2v) is 23.3. The smallest absolute Gasteiger partial charge is 0.135 e. The van der Waals surface area contributed by atoms with Crippen LogP contribution in [0.5, 0.6) is 0 Å². The normalized spacial score (nSPS) is 15.6. The molecule has 0 fully saturated rings. The molecule has 0 saturated carbocycles. The highest BCUT2D eigenvalue weighted by atomic mass is 16.3. The average Bonchev–Trinajstić information content (AvgIpc) is 1.57. The number of allylic oxidation sites excluding steroid dienone is 2. The molecule has 3 aliphatic rings. The van der Waals surface area contributed by atoms with E-state index in [-0.39, 0.29) is 12.0 Å². The summed E-state index contributed by atoms with van der Waals surface area (Å²) in [5.41, 5.74) is 25.8. The van der Waals surface area contributed by atoms with Gasteiger partial charge in [0.15, 0.2) is 0 Å². The van der Waals surface area contributed by atoms with E-state index in [0.717, 1.165) is 55.3 Å². The van der Waals surface area contributed by atoms with Gasteiger partial charge in [-0.15, -0.1) is 0 Å². The van der Waals surface area contributed by atoms with E-state index in [2.05, 4.69) is 267 Å². The number of rotatable bonds is 4. The topological polar surface area (TPSA) is 43.8 Å². The van der Waals surface area contributed by atoms with Crippen molar-refractivity contribution in [3.63, 3.8) is 0 Å². The molecule has 2 aliphatic heterocycles. The summed E-state index contributed by atoms with van der Waals surface area (Å²) >= 11 is 0. The Hall–Kier alpha value is -11.1. The molecular formula is C78H44N4O2. The third kappa shape index (κ3) is 5.25. The van der Waals surface area contributed by atoms with Gasteiger partial charge in [0, 0.05) is 98.6 Å². The Bertz CT molecular complexity index is 6060. The molecule has 8 heterocycles. The summed E-state index contributed by atoms with van der Waals surface area (Å²) < 4.78 is 20.6. The first kappa shape index (κ1) is 43.7. The Morgan fingerprint density at radius 3 is 1.55 bits per heavy atom. The lowest BCUT2D eigenvalue weighted by atomic mass is 9.79. The van der Waals surface area contributed by atoms with Gasteiger partial charge in [0.1, 0.15) is 22.3 Å². The van der Waals surface area contributed by atoms with Crippen LogP contribution >= 0.6 is 0 Å². The predicted octanol–water partition coefficient (Wildman–Crippen LogP) is 20.7. The predicted molar refractivity (Wildman–Crippen MR) is 347 cm³/mol. The molecule has 0 radical (unpaired) electrons. The van der Waals surface area contributed by atoms with Gasteiger partial charge in [0.2, 0.25) is 0 Å². The van der Waals surface area contributed by atoms with Gasteiger partial charge >= 0.3 is 0 Å². The molecule has 6 aromatic heterocycles. The lowest BCUT2D eigenvalue weighted by Crippen LogP contribution is -2.26. The fraction of sp³-hybridized carbons (Fsp3) is 0.0256. The van der Waals surface area contributed by atoms with Gasteiger partial charge in [0.25, 0.3) is 0 Å². The molecule has 21 rings (SSSR count). The standard InChI is InChI=1S/C78H44N4O2/c1-3-17-43(18-4-1)67-71-55-27-15-25-53-70-62(38-36-52-48-22-8-12-30-60(48)80(76(52)70)46-34-40-66-58(42-46)50-24-10-14-32-64(50)84-66)82(73(53)55)78(71)68(44-19-5-2-6-20-44)72-56-28-16-26-54-69-61(81(74(54)56)77(67)72)37-35-51-47-21-7-11-29-59(47)79(75(51)69)45-33-39-65-57(41-45)49-23-9-13-31-63(49)83-65/h1-42,55,73H. The minimum atomic E-state index is 0.0153. The summed E-state index contributed by atoms with van der Waals surface area (Å²) in [5, 5.41) is 14.4. The zero-order chi connectivity index (χ0) is 54.2. The van der Waals surface area contributed by atoms with Crippen LogP contribution in [-0.2, 0) is 0 Å². The van der Waals surface area contributed by atoms with E-state index in [1.807, 2.05) is 6.07 Å². The Morgan fingerprint density at radius 2 is 0.881 bits per heavy atom. The Labute approximate surface area is 478 Å². The zero-order valence-electron chi connectivity index (χ0n) is 45.0. The lowest BCUT2D eigenvalue weighted by Gasteiger charge is -2.26. The third-order valence-corrected chi connectivity index (χ3v) is 19.4. The second kappa shape index (κ2) is 15.5. The van der Waals surface area contributed by atoms with Crippen molar-refractivity contribution in [1.29, 1.82) is 0 Å². The molecule has 18 aromatic rings. The van der Waals surface area contributed by atoms with Crippen molar-refractivity contribution >= 4 is 143 Å². The molecule has 2 atom stereocenters. The number of fused-ring (bicyclic) bond motifs is 26. The molecule has 2 unspecified atom stereocenters. The monoisotopic (exact) mass is 1070 g/mol. The number of furan rings is 2. The molecule has 0 amide bonds. The first-order valence-electron chi connectivity index (χ1n) is 29.2. The molecule has 1 aliphatic carbocycles. The van der Waals surface area contributed by atoms with Gasteiger partial charge < -0.3 is 27.3 Å². The summed E-state index contributed by atoms with van der Waals surface area (Å²) in [4.78, 5) is 2.77. The van der Waals surface area contributed by atoms with Crippen molar-refractivity contribution in [3.8, 4) is 33.6 Å². The molecule has 6 nitrogen and oxygen atoms in total. The van der Waals surface area contributed by atoms with E-state index in [0.29, 0.717) is 0 Å². The maximum absolute atomic E-state index is 6.42. The summed E-state index contributed by atoms with van der Waals surface area (Å²) in [6, 6.07) is 87.4. The summed E-state index contributed by atoms with van der Waals surface area (Å²) in [5.74, 6) is 0.0288. The highest BCUT2D eigenvalue weighted by Gasteiger charge is 2.51. The number of anilines is 2. The van der Waals surface area contributed by atoms with Crippen LogP contribution in [0.1, 0.15) is 17.0 Å². The highest BCUT2D eigenvalue weighted by Crippen LogP contribution is 2.66. The third-order valence-electron chi connectivity index (χ3n) is 19.4. The van der Waals surface area contributed by atoms with E-state index in [9.17, 15) is 0 Å². The quantitative estimate of drug-likeness (QED) is 0.176. The highest BCUT2D eigenvalue weighted by molar-refractivity contribution is 6.35. The summed E-state index contributed by atoms with van der Waals surface area (Å²) in [6.45, 7) is 0. The zero-order valence-corrected chi connectivity index (χ0v) is 45.0. The van der Waals surface area contributed by atoms with Crippen LogP contribution in [0.3, 0.4) is 0 Å². The maximum atomic E-state index is 6.42. The van der Waals surface area contributed by atoms with E-state index in [4.69, 9.17) is 8.83 Å². The molecule has 0 spiro atoms. The molecule has 6 heteroatoms. The van der Waals surface area contributed by atoms with Crippen molar-refractivity contribution in [2.24, 2.45) is 0 Å². The van der Waals surface area contributed by atoms with Gasteiger partial charge in [-0.3, -0.25) is 0 Å². The van der Waals surface area contributed by atoms with Gasteiger partial charge in [-0.1, -0.05) is 182 Å². The number of para-hydroxylation sites is 5. The Morgan fingerprint density at radius 1 is 0.345 bits per heavy atom. The average molecular weight is 1070 g/mol. The van der Waals surface area contributed by atoms with Crippen molar-refractivity contribution in [2.75, 3.05) is 4.90 Å². The van der Waals surface area contributed by atoms with Crippen LogP contribution in [-0.4, -0.2) is 19.6 Å². The van der Waals surface area contributed by atoms with Crippen LogP contribution in [0.2, 0.25) is 0 Å². The van der Waals surface area contributed by atoms with E-state index >= 15 is 0 Å². The minimum absolute atomic E-state index is 0.0153. The molecule has 0 N–H and O–H groups in total. The van der Waals surface area contributed by atoms with Crippen molar-refractivity contribution < 1.29 is 8.83 Å². The van der Waals surface area contributed by atoms with Crippen LogP contribution in [0.4, 0.5) is 11.4 Å². The van der Waals surface area contributed by atoms with Crippen LogP contribution in [0, 0.1) is 0 Å². The second-order valence-electron chi connectivity index (χ2n) is 23.3. The Balaban J connectivity index is 0.899. The van der Waals surface area contributed by atoms with Crippen molar-refractivity contribution in [3.05, 3.63) is 266 Å². The molecule has 0 bridgehead atoms. The molecule has 388 valence electrons. The number of benzene rings is 12. The largest absolute Gasteiger partial charge is 0.456 e. The van der Waals surface area contributed by atoms with E-state index in [1.165, 1.54) is 132 Å². The fourth-order valence-electron chi connectivity index (χ4n) is 16.3. The van der Waals surface area contributed by atoms with E-state index in [1.54, 1.807) is 0 Å². The van der Waals surface area contributed by atoms with Crippen LogP contribution < -0.4 is 4.90 Å². The minimum Gasteiger partial charge on any atom is -0.456 e. The maximum Gasteiger partial charge on any atom is 0.135 e. The first-order chi connectivity index (χ1) is 41.7. The van der Waals surface area contributed by atoms with Crippen molar-refractivity contribution in [2.45, 2.75) is 12.0 Å². The molecule has 84 heavy (non-hydrogen) atoms. The van der Waals surface area contributed by atoms with Gasteiger partial charge in [-0.05, 0) is 95.1 Å². The number of hydrogen-bond donors (Lipinski definition) is 0. The summed E-state index contributed by atoms with van der Waals surface area (Å²) in [7, 11) is 0. The number of aromatic nitrogens is 3. The van der Waals surface area contributed by atoms with Crippen LogP contribution in [0.25, 0.3) is 165 Å². The van der Waals surface area contributed by atoms with Gasteiger partial charge in [-0.2, -0.15) is 0 Å². The lowest BCUT2D eigenvalue weighted by molar-refractivity contribution is 0.668. The molecule has 12 aromatic carbocycles. The van der Waals surface area contributed by atoms with Crippen LogP contribution in [0.15, 0.2) is 264 Å². The summed E-state index contributed by atoms with van der Waals surface area (Å²) in [6.07, 6.45) is 7.29. The van der Waals surface area contributed by atoms with Crippen molar-refractivity contribution in [1.82, 2.24) is 13.5 Å². The fourth-order valence-corrected chi connectivity index (χ4v) is 16.3. The first-order valence-corrected chi connectivity index (χ1v) is 29.2. The Kier molecular flexibility index (Phi) is 8.04. The molecular weight excluding hydrogens is 1020 g/mol. The SMILES string of the molecule is C1=CC2c3c(c(-c4ccccc4)c4c5cccc6c7c8c(ccc7n(c4c3-c3ccccc3)c56)c3ccccc3n8-c3ccc4oc5ccccc5c4c3)N3c4ccc5c6ccccc6n(-c6ccc7oc8ccccc8c7c6)c5c4C(=C1)C23. The molecule has 0 saturated heterocycles. The number of nitrogens with zero attached hydrogens (tertiary/aromatic N) is 4. The van der Waals surface area contributed by atoms with E-state index < -0.39 is 0 Å².